The zero-order valence-corrected chi connectivity index (χ0v) is 52.6. The van der Waals surface area contributed by atoms with Crippen LogP contribution in [0.1, 0.15) is 323 Å². The highest BCUT2D eigenvalue weighted by Gasteiger charge is 2.19. The average Bonchev–Trinajstić information content (AvgIpc) is 3.46. The van der Waals surface area contributed by atoms with Gasteiger partial charge < -0.3 is 14.2 Å². The molecule has 6 heteroatoms. The van der Waals surface area contributed by atoms with Crippen LogP contribution in [0.5, 0.6) is 0 Å². The van der Waals surface area contributed by atoms with E-state index < -0.39 is 6.10 Å². The van der Waals surface area contributed by atoms with Crippen LogP contribution < -0.4 is 0 Å². The molecule has 0 saturated heterocycles. The number of rotatable bonds is 61. The maximum absolute atomic E-state index is 12.9. The van der Waals surface area contributed by atoms with Gasteiger partial charge in [-0.3, -0.25) is 14.4 Å². The second kappa shape index (κ2) is 67.6. The Bertz CT molecular complexity index is 1610. The van der Waals surface area contributed by atoms with Crippen LogP contribution in [-0.4, -0.2) is 37.2 Å². The predicted molar refractivity (Wildman–Crippen MR) is 348 cm³/mol. The normalized spacial score (nSPS) is 12.8. The maximum Gasteiger partial charge on any atom is 0.306 e. The van der Waals surface area contributed by atoms with Crippen molar-refractivity contribution in [2.45, 2.75) is 329 Å². The molecule has 0 bridgehead atoms. The number of carbonyl (C=O) groups excluding carboxylic acids is 3. The van der Waals surface area contributed by atoms with Crippen LogP contribution in [0.2, 0.25) is 0 Å². The summed E-state index contributed by atoms with van der Waals surface area (Å²) in [5.74, 6) is -0.930. The van der Waals surface area contributed by atoms with Crippen molar-refractivity contribution in [3.63, 3.8) is 0 Å². The summed E-state index contributed by atoms with van der Waals surface area (Å²) in [5.41, 5.74) is 0. The van der Waals surface area contributed by atoms with Crippen molar-refractivity contribution in [2.75, 3.05) is 13.2 Å². The predicted octanol–water partition coefficient (Wildman–Crippen LogP) is 23.4. The van der Waals surface area contributed by atoms with Gasteiger partial charge in [0, 0.05) is 19.3 Å². The number of esters is 3. The number of hydrogen-bond donors (Lipinski definition) is 0. The highest BCUT2D eigenvalue weighted by molar-refractivity contribution is 5.71. The van der Waals surface area contributed by atoms with Gasteiger partial charge in [-0.1, -0.05) is 310 Å². The first-order valence-corrected chi connectivity index (χ1v) is 33.9. The first-order valence-electron chi connectivity index (χ1n) is 33.9. The molecule has 0 aromatic carbocycles. The molecule has 0 heterocycles. The Balaban J connectivity index is 4.37. The maximum atomic E-state index is 12.9. The van der Waals surface area contributed by atoms with Gasteiger partial charge in [-0.25, -0.2) is 0 Å². The molecule has 0 aromatic rings. The number of allylic oxidation sites excluding steroid dienone is 18. The summed E-state index contributed by atoms with van der Waals surface area (Å²) in [6.45, 7) is 6.46. The molecule has 1 atom stereocenters. The molecule has 0 aromatic heterocycles. The fourth-order valence-electron chi connectivity index (χ4n) is 9.46. The lowest BCUT2D eigenvalue weighted by atomic mass is 10.0. The molecule has 0 fully saturated rings. The molecule has 80 heavy (non-hydrogen) atoms. The van der Waals surface area contributed by atoms with Gasteiger partial charge in [0.1, 0.15) is 13.2 Å². The van der Waals surface area contributed by atoms with E-state index in [0.29, 0.717) is 19.3 Å². The van der Waals surface area contributed by atoms with Gasteiger partial charge in [-0.2, -0.15) is 0 Å². The zero-order chi connectivity index (χ0) is 57.8. The van der Waals surface area contributed by atoms with Crippen LogP contribution in [0.4, 0.5) is 0 Å². The lowest BCUT2D eigenvalue weighted by Gasteiger charge is -2.18. The number of carbonyl (C=O) groups is 3. The van der Waals surface area contributed by atoms with Gasteiger partial charge in [0.25, 0.3) is 0 Å². The topological polar surface area (TPSA) is 78.9 Å². The number of ether oxygens (including phenoxy) is 3. The first kappa shape index (κ1) is 76.1. The third-order valence-corrected chi connectivity index (χ3v) is 14.5. The molecule has 0 saturated carbocycles. The van der Waals surface area contributed by atoms with Gasteiger partial charge in [0.05, 0.1) is 0 Å². The van der Waals surface area contributed by atoms with Crippen LogP contribution in [-0.2, 0) is 28.6 Å². The van der Waals surface area contributed by atoms with Gasteiger partial charge in [-0.05, 0) is 103 Å². The Labute approximate surface area is 495 Å². The molecule has 0 radical (unpaired) electrons. The molecule has 0 spiro atoms. The second-order valence-electron chi connectivity index (χ2n) is 22.4. The second-order valence-corrected chi connectivity index (χ2v) is 22.4. The van der Waals surface area contributed by atoms with E-state index in [-0.39, 0.29) is 31.1 Å². The Morgan fingerprint density at radius 3 is 0.825 bits per heavy atom. The van der Waals surface area contributed by atoms with Crippen LogP contribution in [0.3, 0.4) is 0 Å². The molecule has 0 aliphatic carbocycles. The summed E-state index contributed by atoms with van der Waals surface area (Å²) in [5, 5.41) is 0. The van der Waals surface area contributed by atoms with E-state index in [1.165, 1.54) is 141 Å². The molecule has 0 N–H and O–H groups in total. The summed E-state index contributed by atoms with van der Waals surface area (Å²) in [6.07, 6.45) is 92.5. The van der Waals surface area contributed by atoms with E-state index >= 15 is 0 Å². The zero-order valence-electron chi connectivity index (χ0n) is 52.6. The summed E-state index contributed by atoms with van der Waals surface area (Å²) in [4.78, 5) is 38.4. The smallest absolute Gasteiger partial charge is 0.306 e. The molecular weight excluding hydrogens is 985 g/mol. The van der Waals surface area contributed by atoms with E-state index in [0.717, 1.165) is 141 Å². The Morgan fingerprint density at radius 2 is 0.512 bits per heavy atom. The van der Waals surface area contributed by atoms with Crippen LogP contribution in [0.25, 0.3) is 0 Å². The first-order chi connectivity index (χ1) is 39.5. The van der Waals surface area contributed by atoms with Gasteiger partial charge in [0.2, 0.25) is 0 Å². The average molecular weight is 1110 g/mol. The Hall–Kier alpha value is -3.93. The van der Waals surface area contributed by atoms with E-state index in [4.69, 9.17) is 14.2 Å². The molecular formula is C74H126O6. The monoisotopic (exact) mass is 1110 g/mol. The van der Waals surface area contributed by atoms with Crippen molar-refractivity contribution >= 4 is 17.9 Å². The molecule has 0 rings (SSSR count). The van der Waals surface area contributed by atoms with Crippen molar-refractivity contribution in [3.05, 3.63) is 109 Å². The fraction of sp³-hybridized carbons (Fsp3) is 0.716. The molecule has 0 aliphatic heterocycles. The van der Waals surface area contributed by atoms with Crippen LogP contribution in [0, 0.1) is 0 Å². The van der Waals surface area contributed by atoms with Gasteiger partial charge >= 0.3 is 17.9 Å². The molecule has 458 valence electrons. The highest BCUT2D eigenvalue weighted by atomic mass is 16.6. The standard InChI is InChI=1S/C74H126O6/c1-4-7-10-13-16-19-22-25-27-29-31-33-35-37-39-40-42-44-46-49-52-55-58-61-64-67-73(76)79-70-71(69-78-72(75)66-63-60-57-54-51-48-24-21-18-15-12-9-6-3)80-74(77)68-65-62-59-56-53-50-47-45-43-41-38-36-34-32-30-28-26-23-20-17-14-11-8-5-2/h7,10,12,15-16,19,21,24-25,27,31,33,37,39,42,44,49,52,71H,4-6,8-9,11,13-14,17-18,20,22-23,26,28-30,32,34-36,38,40-41,43,45-48,50-51,53-70H2,1-3H3/b10-7-,15-12-,19-16-,24-21-,27-25-,33-31-,39-37-,44-42-,52-49-. The number of hydrogen-bond acceptors (Lipinski definition) is 6. The SMILES string of the molecule is CC/C=C\C/C=C\C/C=C\C/C=C\C/C=C\C/C=C\C/C=C\CCCCCC(=O)OCC(COC(=O)CCCCCCC/C=C\C/C=C\CCC)OC(=O)CCCCCCCCCCCCCCCCCCCCCCCCCC. The minimum atomic E-state index is -0.800. The van der Waals surface area contributed by atoms with Gasteiger partial charge in [-0.15, -0.1) is 0 Å². The minimum Gasteiger partial charge on any atom is -0.462 e. The summed E-state index contributed by atoms with van der Waals surface area (Å²) in [7, 11) is 0. The van der Waals surface area contributed by atoms with Gasteiger partial charge in [0.15, 0.2) is 6.10 Å². The van der Waals surface area contributed by atoms with E-state index in [1.54, 1.807) is 0 Å². The largest absolute Gasteiger partial charge is 0.462 e. The summed E-state index contributed by atoms with van der Waals surface area (Å²) >= 11 is 0. The Kier molecular flexibility index (Phi) is 64.3. The van der Waals surface area contributed by atoms with Crippen molar-refractivity contribution in [3.8, 4) is 0 Å². The van der Waals surface area contributed by atoms with E-state index in [1.807, 2.05) is 0 Å². The van der Waals surface area contributed by atoms with E-state index in [9.17, 15) is 14.4 Å². The Morgan fingerprint density at radius 1 is 0.263 bits per heavy atom. The molecule has 1 unspecified atom stereocenters. The fourth-order valence-corrected chi connectivity index (χ4v) is 9.46. The quantitative estimate of drug-likeness (QED) is 0.0261. The third kappa shape index (κ3) is 64.9. The minimum absolute atomic E-state index is 0.0951. The van der Waals surface area contributed by atoms with Crippen molar-refractivity contribution in [2.24, 2.45) is 0 Å². The van der Waals surface area contributed by atoms with E-state index in [2.05, 4.69) is 130 Å². The van der Waals surface area contributed by atoms with Crippen molar-refractivity contribution in [1.82, 2.24) is 0 Å². The molecule has 0 aliphatic rings. The highest BCUT2D eigenvalue weighted by Crippen LogP contribution is 2.17. The van der Waals surface area contributed by atoms with Crippen LogP contribution >= 0.6 is 0 Å². The van der Waals surface area contributed by atoms with Crippen LogP contribution in [0.15, 0.2) is 109 Å². The van der Waals surface area contributed by atoms with Crippen molar-refractivity contribution in [1.29, 1.82) is 0 Å². The lowest BCUT2D eigenvalue weighted by molar-refractivity contribution is -0.167. The number of unbranched alkanes of at least 4 members (excludes halogenated alkanes) is 32. The molecule has 6 nitrogen and oxygen atoms in total. The lowest BCUT2D eigenvalue weighted by Crippen LogP contribution is -2.30. The van der Waals surface area contributed by atoms with Crippen molar-refractivity contribution < 1.29 is 28.6 Å². The third-order valence-electron chi connectivity index (χ3n) is 14.5. The summed E-state index contributed by atoms with van der Waals surface area (Å²) < 4.78 is 16.9. The summed E-state index contributed by atoms with van der Waals surface area (Å²) in [6, 6.07) is 0. The molecule has 0 amide bonds.